The third-order valence-electron chi connectivity index (χ3n) is 1.89. The second-order valence-electron chi connectivity index (χ2n) is 2.70. The number of nitrogens with zero attached hydrogens (tertiary/aromatic N) is 1. The summed E-state index contributed by atoms with van der Waals surface area (Å²) in [6.45, 7) is -0.556. The number of rotatable bonds is 4. The van der Waals surface area contributed by atoms with Crippen LogP contribution in [0.3, 0.4) is 0 Å². The minimum Gasteiger partial charge on any atom is -0.481 e. The molecular formula is C9H11F2NO3. The standard InChI is InChI=1S/C9H11F2NO3/c1-14-7-3-5(8(10)11)6(4-13)9(12-7)15-2/h3,8,13H,4H2,1-2H3. The molecule has 1 rings (SSSR count). The molecule has 0 saturated carbocycles. The first kappa shape index (κ1) is 11.6. The summed E-state index contributed by atoms with van der Waals surface area (Å²) in [5.74, 6) is -0.0218. The molecule has 84 valence electrons. The SMILES string of the molecule is COc1cc(C(F)F)c(CO)c(OC)n1. The van der Waals surface area contributed by atoms with E-state index in [1.165, 1.54) is 14.2 Å². The van der Waals surface area contributed by atoms with E-state index in [9.17, 15) is 8.78 Å². The van der Waals surface area contributed by atoms with Gasteiger partial charge in [-0.2, -0.15) is 4.98 Å². The highest BCUT2D eigenvalue weighted by atomic mass is 19.3. The van der Waals surface area contributed by atoms with Crippen molar-refractivity contribution in [1.82, 2.24) is 4.98 Å². The van der Waals surface area contributed by atoms with Crippen LogP contribution < -0.4 is 9.47 Å². The Morgan fingerprint density at radius 2 is 2.07 bits per heavy atom. The lowest BCUT2D eigenvalue weighted by molar-refractivity contribution is 0.145. The van der Waals surface area contributed by atoms with Crippen molar-refractivity contribution in [2.24, 2.45) is 0 Å². The number of aliphatic hydroxyl groups excluding tert-OH is 1. The molecule has 0 bridgehead atoms. The van der Waals surface area contributed by atoms with Gasteiger partial charge in [0.25, 0.3) is 6.43 Å². The van der Waals surface area contributed by atoms with E-state index >= 15 is 0 Å². The van der Waals surface area contributed by atoms with Crippen LogP contribution >= 0.6 is 0 Å². The summed E-state index contributed by atoms with van der Waals surface area (Å²) in [6.07, 6.45) is -2.71. The minimum atomic E-state index is -2.71. The van der Waals surface area contributed by atoms with Crippen LogP contribution in [-0.2, 0) is 6.61 Å². The molecule has 1 aromatic heterocycles. The van der Waals surface area contributed by atoms with Gasteiger partial charge in [-0.1, -0.05) is 0 Å². The second-order valence-corrected chi connectivity index (χ2v) is 2.70. The monoisotopic (exact) mass is 219 g/mol. The zero-order valence-electron chi connectivity index (χ0n) is 8.33. The van der Waals surface area contributed by atoms with Gasteiger partial charge in [0, 0.05) is 17.2 Å². The normalized spacial score (nSPS) is 10.5. The van der Waals surface area contributed by atoms with Gasteiger partial charge in [0.1, 0.15) is 0 Å². The van der Waals surface area contributed by atoms with Gasteiger partial charge in [0.2, 0.25) is 11.8 Å². The lowest BCUT2D eigenvalue weighted by atomic mass is 10.1. The van der Waals surface area contributed by atoms with Crippen LogP contribution in [0.5, 0.6) is 11.8 Å². The maximum atomic E-state index is 12.6. The summed E-state index contributed by atoms with van der Waals surface area (Å²) in [6, 6.07) is 1.08. The van der Waals surface area contributed by atoms with Crippen LogP contribution in [0.2, 0.25) is 0 Å². The fourth-order valence-corrected chi connectivity index (χ4v) is 1.17. The smallest absolute Gasteiger partial charge is 0.264 e. The number of hydrogen-bond donors (Lipinski definition) is 1. The molecule has 0 aliphatic heterocycles. The van der Waals surface area contributed by atoms with Gasteiger partial charge >= 0.3 is 0 Å². The number of pyridine rings is 1. The molecule has 0 amide bonds. The van der Waals surface area contributed by atoms with Gasteiger partial charge in [-0.05, 0) is 0 Å². The van der Waals surface area contributed by atoms with E-state index in [4.69, 9.17) is 14.6 Å². The topological polar surface area (TPSA) is 51.6 Å². The molecule has 0 atom stereocenters. The van der Waals surface area contributed by atoms with Gasteiger partial charge in [-0.15, -0.1) is 0 Å². The minimum absolute atomic E-state index is 0.0201. The van der Waals surface area contributed by atoms with Gasteiger partial charge in [0.05, 0.1) is 20.8 Å². The summed E-state index contributed by atoms with van der Waals surface area (Å²) in [7, 11) is 2.60. The molecule has 1 aromatic rings. The quantitative estimate of drug-likeness (QED) is 0.834. The average Bonchev–Trinajstić information content (AvgIpc) is 2.26. The molecule has 15 heavy (non-hydrogen) atoms. The molecule has 0 aromatic carbocycles. The molecule has 0 radical (unpaired) electrons. The van der Waals surface area contributed by atoms with Crippen molar-refractivity contribution in [1.29, 1.82) is 0 Å². The first-order chi connectivity index (χ1) is 7.13. The van der Waals surface area contributed by atoms with Crippen molar-refractivity contribution < 1.29 is 23.4 Å². The van der Waals surface area contributed by atoms with Crippen molar-refractivity contribution in [2.75, 3.05) is 14.2 Å². The molecule has 1 N–H and O–H groups in total. The van der Waals surface area contributed by atoms with E-state index < -0.39 is 13.0 Å². The molecule has 0 unspecified atom stereocenters. The summed E-state index contributed by atoms with van der Waals surface area (Å²) < 4.78 is 34.7. The summed E-state index contributed by atoms with van der Waals surface area (Å²) in [5, 5.41) is 8.95. The average molecular weight is 219 g/mol. The molecular weight excluding hydrogens is 208 g/mol. The lowest BCUT2D eigenvalue weighted by Gasteiger charge is -2.12. The van der Waals surface area contributed by atoms with Crippen molar-refractivity contribution >= 4 is 0 Å². The fraction of sp³-hybridized carbons (Fsp3) is 0.444. The molecule has 1 heterocycles. The van der Waals surface area contributed by atoms with Crippen molar-refractivity contribution in [3.63, 3.8) is 0 Å². The highest BCUT2D eigenvalue weighted by Gasteiger charge is 2.19. The number of aromatic nitrogens is 1. The first-order valence-corrected chi connectivity index (χ1v) is 4.14. The Bertz CT molecular complexity index is 344. The zero-order chi connectivity index (χ0) is 11.4. The molecule has 6 heteroatoms. The van der Waals surface area contributed by atoms with Crippen LogP contribution in [0.4, 0.5) is 8.78 Å². The van der Waals surface area contributed by atoms with Gasteiger partial charge in [-0.25, -0.2) is 8.78 Å². The van der Waals surface area contributed by atoms with E-state index in [1.807, 2.05) is 0 Å². The molecule has 0 aliphatic rings. The Morgan fingerprint density at radius 1 is 1.40 bits per heavy atom. The maximum absolute atomic E-state index is 12.6. The second kappa shape index (κ2) is 4.88. The Hall–Kier alpha value is -1.43. The number of ether oxygens (including phenoxy) is 2. The van der Waals surface area contributed by atoms with Crippen LogP contribution in [0.15, 0.2) is 6.07 Å². The van der Waals surface area contributed by atoms with Crippen molar-refractivity contribution in [3.8, 4) is 11.8 Å². The predicted octanol–water partition coefficient (Wildman–Crippen LogP) is 1.53. The predicted molar refractivity (Wildman–Crippen MR) is 48.2 cm³/mol. The van der Waals surface area contributed by atoms with Crippen LogP contribution in [0.25, 0.3) is 0 Å². The van der Waals surface area contributed by atoms with Gasteiger partial charge in [-0.3, -0.25) is 0 Å². The first-order valence-electron chi connectivity index (χ1n) is 4.14. The number of hydrogen-bond acceptors (Lipinski definition) is 4. The van der Waals surface area contributed by atoms with Crippen molar-refractivity contribution in [2.45, 2.75) is 13.0 Å². The van der Waals surface area contributed by atoms with E-state index in [1.54, 1.807) is 0 Å². The maximum Gasteiger partial charge on any atom is 0.264 e. The largest absolute Gasteiger partial charge is 0.481 e. The lowest BCUT2D eigenvalue weighted by Crippen LogP contribution is -2.03. The van der Waals surface area contributed by atoms with Crippen molar-refractivity contribution in [3.05, 3.63) is 17.2 Å². The Labute approximate surface area is 85.5 Å². The molecule has 0 saturated heterocycles. The van der Waals surface area contributed by atoms with Gasteiger partial charge in [0.15, 0.2) is 0 Å². The Balaban J connectivity index is 3.32. The molecule has 0 fully saturated rings. The molecule has 0 spiro atoms. The van der Waals surface area contributed by atoms with E-state index in [-0.39, 0.29) is 22.9 Å². The van der Waals surface area contributed by atoms with Gasteiger partial charge < -0.3 is 14.6 Å². The van der Waals surface area contributed by atoms with Crippen LogP contribution in [0.1, 0.15) is 17.6 Å². The molecule has 0 aliphatic carbocycles. The number of halogens is 2. The number of alkyl halides is 2. The molecule has 4 nitrogen and oxygen atoms in total. The van der Waals surface area contributed by atoms with E-state index in [0.29, 0.717) is 0 Å². The summed E-state index contributed by atoms with van der Waals surface area (Å²) in [4.78, 5) is 3.79. The number of methoxy groups -OCH3 is 2. The number of aliphatic hydroxyl groups is 1. The van der Waals surface area contributed by atoms with Crippen LogP contribution in [0, 0.1) is 0 Å². The summed E-state index contributed by atoms with van der Waals surface area (Å²) >= 11 is 0. The van der Waals surface area contributed by atoms with Crippen LogP contribution in [-0.4, -0.2) is 24.3 Å². The zero-order valence-corrected chi connectivity index (χ0v) is 8.33. The Kier molecular flexibility index (Phi) is 3.79. The summed E-state index contributed by atoms with van der Waals surface area (Å²) in [5.41, 5.74) is -0.352. The third-order valence-corrected chi connectivity index (χ3v) is 1.89. The third kappa shape index (κ3) is 2.33. The highest BCUT2D eigenvalue weighted by molar-refractivity contribution is 5.39. The van der Waals surface area contributed by atoms with E-state index in [0.717, 1.165) is 6.07 Å². The highest BCUT2D eigenvalue weighted by Crippen LogP contribution is 2.31. The fourth-order valence-electron chi connectivity index (χ4n) is 1.17. The Morgan fingerprint density at radius 3 is 2.47 bits per heavy atom. The van der Waals surface area contributed by atoms with E-state index in [2.05, 4.69) is 4.98 Å².